The Balaban J connectivity index is 2.46. The molecule has 0 aliphatic rings. The van der Waals surface area contributed by atoms with Gasteiger partial charge in [0, 0.05) is 18.9 Å². The van der Waals surface area contributed by atoms with Gasteiger partial charge in [0.15, 0.2) is 0 Å². The van der Waals surface area contributed by atoms with E-state index < -0.39 is 0 Å². The fourth-order valence-corrected chi connectivity index (χ4v) is 1.62. The molecule has 0 aliphatic carbocycles. The molecule has 0 amide bonds. The van der Waals surface area contributed by atoms with Gasteiger partial charge in [-0.3, -0.25) is 0 Å². The van der Waals surface area contributed by atoms with Crippen molar-refractivity contribution in [3.8, 4) is 0 Å². The van der Waals surface area contributed by atoms with Crippen LogP contribution in [0, 0.1) is 0 Å². The average Bonchev–Trinajstić information content (AvgIpc) is 2.70. The summed E-state index contributed by atoms with van der Waals surface area (Å²) in [5, 5.41) is 0. The number of pyridine rings is 1. The molecule has 1 unspecified atom stereocenters. The molecular weight excluding hydrogens is 186 g/mol. The van der Waals surface area contributed by atoms with Crippen LogP contribution in [-0.4, -0.2) is 9.38 Å². The van der Waals surface area contributed by atoms with E-state index in [9.17, 15) is 0 Å². The summed E-state index contributed by atoms with van der Waals surface area (Å²) in [4.78, 5) is 4.58. The standard InChI is InChI=1S/C12H17N3/c1-3-9(2)11-8-15-7-10(6-13)4-5-12(15)14-11/h4-5,7-9H,3,6,13H2,1-2H3. The SMILES string of the molecule is CCC(C)c1cn2cc(CN)ccc2n1. The van der Waals surface area contributed by atoms with Gasteiger partial charge in [0.2, 0.25) is 0 Å². The molecule has 2 rings (SSSR count). The highest BCUT2D eigenvalue weighted by molar-refractivity contribution is 5.41. The highest BCUT2D eigenvalue weighted by atomic mass is 15.0. The van der Waals surface area contributed by atoms with Crippen molar-refractivity contribution in [1.82, 2.24) is 9.38 Å². The maximum Gasteiger partial charge on any atom is 0.137 e. The van der Waals surface area contributed by atoms with Crippen LogP contribution in [-0.2, 0) is 6.54 Å². The highest BCUT2D eigenvalue weighted by Gasteiger charge is 2.07. The van der Waals surface area contributed by atoms with E-state index in [1.54, 1.807) is 0 Å². The maximum absolute atomic E-state index is 5.60. The predicted octanol–water partition coefficient (Wildman–Crippen LogP) is 2.31. The molecule has 0 fully saturated rings. The van der Waals surface area contributed by atoms with Gasteiger partial charge in [-0.1, -0.05) is 19.9 Å². The lowest BCUT2D eigenvalue weighted by Gasteiger charge is -2.01. The lowest BCUT2D eigenvalue weighted by Crippen LogP contribution is -1.97. The molecule has 15 heavy (non-hydrogen) atoms. The molecule has 80 valence electrons. The van der Waals surface area contributed by atoms with Crippen molar-refractivity contribution >= 4 is 5.65 Å². The van der Waals surface area contributed by atoms with Crippen LogP contribution in [0.15, 0.2) is 24.5 Å². The lowest BCUT2D eigenvalue weighted by molar-refractivity contribution is 0.714. The zero-order valence-electron chi connectivity index (χ0n) is 9.27. The number of imidazole rings is 1. The second kappa shape index (κ2) is 4.03. The zero-order chi connectivity index (χ0) is 10.8. The quantitative estimate of drug-likeness (QED) is 0.831. The summed E-state index contributed by atoms with van der Waals surface area (Å²) < 4.78 is 2.06. The molecule has 0 saturated carbocycles. The first kappa shape index (κ1) is 10.2. The van der Waals surface area contributed by atoms with Crippen molar-refractivity contribution in [3.63, 3.8) is 0 Å². The summed E-state index contributed by atoms with van der Waals surface area (Å²) in [7, 11) is 0. The second-order valence-corrected chi connectivity index (χ2v) is 3.98. The van der Waals surface area contributed by atoms with Crippen LogP contribution in [0.5, 0.6) is 0 Å². The van der Waals surface area contributed by atoms with Crippen molar-refractivity contribution in [1.29, 1.82) is 0 Å². The second-order valence-electron chi connectivity index (χ2n) is 3.98. The summed E-state index contributed by atoms with van der Waals surface area (Å²) >= 11 is 0. The van der Waals surface area contributed by atoms with Crippen LogP contribution >= 0.6 is 0 Å². The molecule has 2 aromatic rings. The number of nitrogens with zero attached hydrogens (tertiary/aromatic N) is 2. The smallest absolute Gasteiger partial charge is 0.137 e. The molecule has 0 aliphatic heterocycles. The molecule has 2 aromatic heterocycles. The van der Waals surface area contributed by atoms with Crippen LogP contribution in [0.1, 0.15) is 37.4 Å². The largest absolute Gasteiger partial charge is 0.326 e. The topological polar surface area (TPSA) is 43.3 Å². The molecule has 0 saturated heterocycles. The van der Waals surface area contributed by atoms with Crippen molar-refractivity contribution in [3.05, 3.63) is 35.8 Å². The van der Waals surface area contributed by atoms with E-state index in [0.29, 0.717) is 12.5 Å². The Kier molecular flexibility index (Phi) is 2.73. The van der Waals surface area contributed by atoms with E-state index in [4.69, 9.17) is 5.73 Å². The van der Waals surface area contributed by atoms with Gasteiger partial charge in [0.1, 0.15) is 5.65 Å². The first-order valence-electron chi connectivity index (χ1n) is 5.42. The molecule has 0 aromatic carbocycles. The van der Waals surface area contributed by atoms with Crippen LogP contribution in [0.3, 0.4) is 0 Å². The maximum atomic E-state index is 5.60. The highest BCUT2D eigenvalue weighted by Crippen LogP contribution is 2.18. The van der Waals surface area contributed by atoms with E-state index in [-0.39, 0.29) is 0 Å². The van der Waals surface area contributed by atoms with Gasteiger partial charge in [-0.15, -0.1) is 0 Å². The number of hydrogen-bond acceptors (Lipinski definition) is 2. The van der Waals surface area contributed by atoms with Gasteiger partial charge < -0.3 is 10.1 Å². The summed E-state index contributed by atoms with van der Waals surface area (Å²) in [5.74, 6) is 0.520. The summed E-state index contributed by atoms with van der Waals surface area (Å²) in [6, 6.07) is 4.05. The molecule has 3 heteroatoms. The van der Waals surface area contributed by atoms with Gasteiger partial charge in [0.25, 0.3) is 0 Å². The van der Waals surface area contributed by atoms with Gasteiger partial charge >= 0.3 is 0 Å². The number of hydrogen-bond donors (Lipinski definition) is 1. The summed E-state index contributed by atoms with van der Waals surface area (Å²) in [5.41, 5.74) is 8.90. The normalized spacial score (nSPS) is 13.3. The monoisotopic (exact) mass is 203 g/mol. The van der Waals surface area contributed by atoms with Gasteiger partial charge in [-0.25, -0.2) is 4.98 Å². The predicted molar refractivity (Wildman–Crippen MR) is 61.8 cm³/mol. The van der Waals surface area contributed by atoms with E-state index in [1.807, 2.05) is 18.3 Å². The molecular formula is C12H17N3. The minimum Gasteiger partial charge on any atom is -0.326 e. The summed E-state index contributed by atoms with van der Waals surface area (Å²) in [6.07, 6.45) is 5.27. The van der Waals surface area contributed by atoms with Crippen molar-refractivity contribution in [2.45, 2.75) is 32.7 Å². The van der Waals surface area contributed by atoms with Gasteiger partial charge in [-0.2, -0.15) is 0 Å². The Labute approximate surface area is 89.9 Å². The minimum absolute atomic E-state index is 0.520. The van der Waals surface area contributed by atoms with Crippen LogP contribution in [0.4, 0.5) is 0 Å². The summed E-state index contributed by atoms with van der Waals surface area (Å²) in [6.45, 7) is 4.96. The van der Waals surface area contributed by atoms with Crippen LogP contribution < -0.4 is 5.73 Å². The molecule has 3 nitrogen and oxygen atoms in total. The van der Waals surface area contributed by atoms with Crippen molar-refractivity contribution in [2.75, 3.05) is 0 Å². The molecule has 0 bridgehead atoms. The molecule has 2 N–H and O–H groups in total. The molecule has 0 radical (unpaired) electrons. The van der Waals surface area contributed by atoms with Crippen molar-refractivity contribution < 1.29 is 0 Å². The fraction of sp³-hybridized carbons (Fsp3) is 0.417. The Morgan fingerprint density at radius 3 is 2.87 bits per heavy atom. The third kappa shape index (κ3) is 1.88. The first-order chi connectivity index (χ1) is 7.24. The van der Waals surface area contributed by atoms with Crippen molar-refractivity contribution in [2.24, 2.45) is 5.73 Å². The minimum atomic E-state index is 0.520. The Morgan fingerprint density at radius 1 is 1.40 bits per heavy atom. The number of nitrogens with two attached hydrogens (primary N) is 1. The third-order valence-corrected chi connectivity index (χ3v) is 2.88. The van der Waals surface area contributed by atoms with E-state index >= 15 is 0 Å². The first-order valence-corrected chi connectivity index (χ1v) is 5.42. The molecule has 0 spiro atoms. The van der Waals surface area contributed by atoms with Crippen LogP contribution in [0.2, 0.25) is 0 Å². The zero-order valence-corrected chi connectivity index (χ0v) is 9.27. The molecule has 1 atom stereocenters. The van der Waals surface area contributed by atoms with E-state index in [2.05, 4.69) is 29.4 Å². The average molecular weight is 203 g/mol. The Hall–Kier alpha value is -1.35. The van der Waals surface area contributed by atoms with Crippen LogP contribution in [0.25, 0.3) is 5.65 Å². The third-order valence-electron chi connectivity index (χ3n) is 2.88. The Bertz CT molecular complexity index is 459. The number of rotatable bonds is 3. The van der Waals surface area contributed by atoms with Gasteiger partial charge in [0.05, 0.1) is 5.69 Å². The van der Waals surface area contributed by atoms with Gasteiger partial charge in [-0.05, 0) is 24.0 Å². The Morgan fingerprint density at radius 2 is 2.20 bits per heavy atom. The lowest BCUT2D eigenvalue weighted by atomic mass is 10.1. The van der Waals surface area contributed by atoms with E-state index in [1.165, 1.54) is 0 Å². The number of fused-ring (bicyclic) bond motifs is 1. The fourth-order valence-electron chi connectivity index (χ4n) is 1.62. The number of aromatic nitrogens is 2. The molecule has 2 heterocycles. The van der Waals surface area contributed by atoms with E-state index in [0.717, 1.165) is 23.3 Å².